The molecular weight excluding hydrogens is 428 g/mol. The Morgan fingerprint density at radius 2 is 1.56 bits per heavy atom. The van der Waals surface area contributed by atoms with Crippen LogP contribution in [-0.2, 0) is 9.59 Å². The van der Waals surface area contributed by atoms with Gasteiger partial charge < -0.3 is 14.4 Å². The molecule has 0 N–H and O–H groups in total. The molecule has 0 radical (unpaired) electrons. The quantitative estimate of drug-likeness (QED) is 0.439. The van der Waals surface area contributed by atoms with Crippen molar-refractivity contribution in [2.75, 3.05) is 30.6 Å². The Morgan fingerprint density at radius 1 is 0.853 bits per heavy atom. The van der Waals surface area contributed by atoms with Gasteiger partial charge in [-0.1, -0.05) is 50.2 Å². The number of imide groups is 1. The summed E-state index contributed by atoms with van der Waals surface area (Å²) in [5.74, 6) is 0.916. The first-order chi connectivity index (χ1) is 16.4. The average molecular weight is 457 g/mol. The number of amides is 2. The third kappa shape index (κ3) is 4.53. The van der Waals surface area contributed by atoms with Crippen LogP contribution in [0.25, 0.3) is 5.57 Å². The van der Waals surface area contributed by atoms with Crippen molar-refractivity contribution < 1.29 is 19.1 Å². The number of para-hydroxylation sites is 1. The van der Waals surface area contributed by atoms with Crippen molar-refractivity contribution >= 4 is 28.8 Å². The number of carbonyl (C=O) groups excluding carboxylic acids is 2. The molecule has 0 saturated carbocycles. The number of methoxy groups -OCH3 is 1. The molecule has 0 spiro atoms. The number of nitrogens with zero attached hydrogens (tertiary/aromatic N) is 2. The molecule has 0 fully saturated rings. The number of benzene rings is 3. The Balaban J connectivity index is 1.78. The molecule has 1 heterocycles. The van der Waals surface area contributed by atoms with E-state index < -0.39 is 0 Å². The van der Waals surface area contributed by atoms with Crippen LogP contribution in [0.2, 0.25) is 0 Å². The van der Waals surface area contributed by atoms with Gasteiger partial charge in [0.15, 0.2) is 0 Å². The minimum atomic E-state index is -0.389. The molecule has 6 heteroatoms. The minimum Gasteiger partial charge on any atom is -0.497 e. The Bertz CT molecular complexity index is 1220. The second-order valence-corrected chi connectivity index (χ2v) is 8.49. The summed E-state index contributed by atoms with van der Waals surface area (Å²) in [6.45, 7) is 4.77. The Hall–Kier alpha value is -4.06. The predicted molar refractivity (Wildman–Crippen MR) is 134 cm³/mol. The molecule has 4 rings (SSSR count). The smallest absolute Gasteiger partial charge is 0.282 e. The van der Waals surface area contributed by atoms with Crippen LogP contribution >= 0.6 is 0 Å². The van der Waals surface area contributed by atoms with Gasteiger partial charge in [-0.3, -0.25) is 9.59 Å². The molecule has 0 aromatic heterocycles. The van der Waals surface area contributed by atoms with E-state index in [0.29, 0.717) is 40.8 Å². The highest BCUT2D eigenvalue weighted by molar-refractivity contribution is 6.46. The summed E-state index contributed by atoms with van der Waals surface area (Å²) in [5.41, 5.74) is 2.57. The monoisotopic (exact) mass is 456 g/mol. The maximum absolute atomic E-state index is 13.7. The van der Waals surface area contributed by atoms with Crippen LogP contribution in [0.4, 0.5) is 11.4 Å². The number of likely N-dealkylation sites (N-methyl/N-ethyl adjacent to an activating group) is 1. The molecule has 3 aromatic rings. The van der Waals surface area contributed by atoms with Crippen molar-refractivity contribution in [1.82, 2.24) is 0 Å². The third-order valence-corrected chi connectivity index (χ3v) is 5.58. The van der Waals surface area contributed by atoms with E-state index in [1.165, 1.54) is 4.90 Å². The van der Waals surface area contributed by atoms with Crippen LogP contribution in [0.15, 0.2) is 84.6 Å². The van der Waals surface area contributed by atoms with Crippen molar-refractivity contribution in [3.63, 3.8) is 0 Å². The van der Waals surface area contributed by atoms with E-state index >= 15 is 0 Å². The lowest BCUT2D eigenvalue weighted by molar-refractivity contribution is -0.120. The highest BCUT2D eigenvalue weighted by atomic mass is 16.5. The van der Waals surface area contributed by atoms with Gasteiger partial charge in [-0.25, -0.2) is 4.90 Å². The molecule has 1 aliphatic heterocycles. The van der Waals surface area contributed by atoms with Gasteiger partial charge in [0, 0.05) is 18.8 Å². The lowest BCUT2D eigenvalue weighted by atomic mass is 10.0. The molecule has 0 saturated heterocycles. The van der Waals surface area contributed by atoms with Gasteiger partial charge in [-0.15, -0.1) is 0 Å². The van der Waals surface area contributed by atoms with Gasteiger partial charge in [0.05, 0.1) is 25.0 Å². The summed E-state index contributed by atoms with van der Waals surface area (Å²) in [4.78, 5) is 30.4. The highest BCUT2D eigenvalue weighted by Crippen LogP contribution is 2.37. The van der Waals surface area contributed by atoms with Crippen molar-refractivity contribution in [2.24, 2.45) is 5.92 Å². The first kappa shape index (κ1) is 23.1. The fourth-order valence-electron chi connectivity index (χ4n) is 3.84. The number of rotatable bonds is 8. The number of anilines is 2. The van der Waals surface area contributed by atoms with Crippen molar-refractivity contribution in [3.8, 4) is 11.5 Å². The normalized spacial score (nSPS) is 13.6. The lowest BCUT2D eigenvalue weighted by Crippen LogP contribution is -2.34. The van der Waals surface area contributed by atoms with Gasteiger partial charge in [0.2, 0.25) is 0 Å². The van der Waals surface area contributed by atoms with Gasteiger partial charge in [-0.2, -0.15) is 0 Å². The van der Waals surface area contributed by atoms with Gasteiger partial charge >= 0.3 is 0 Å². The van der Waals surface area contributed by atoms with Crippen molar-refractivity contribution in [2.45, 2.75) is 13.8 Å². The molecule has 1 aliphatic rings. The van der Waals surface area contributed by atoms with Crippen LogP contribution in [-0.4, -0.2) is 32.6 Å². The molecule has 174 valence electrons. The summed E-state index contributed by atoms with van der Waals surface area (Å²) in [5, 5.41) is 0. The van der Waals surface area contributed by atoms with E-state index in [9.17, 15) is 9.59 Å². The molecule has 3 aromatic carbocycles. The fraction of sp³-hybridized carbons (Fsp3) is 0.214. The Morgan fingerprint density at radius 3 is 2.21 bits per heavy atom. The number of hydrogen-bond donors (Lipinski definition) is 0. The standard InChI is InChI=1S/C28H28N2O4/c1-19(2)18-34-23-15-13-20(14-16-23)25-26(29(3)21-9-6-5-7-10-21)28(32)30(27(25)31)22-11-8-12-24(17-22)33-4/h5-17,19H,18H2,1-4H3. The summed E-state index contributed by atoms with van der Waals surface area (Å²) in [6.07, 6.45) is 0. The molecule has 0 atom stereocenters. The molecular formula is C28H28N2O4. The summed E-state index contributed by atoms with van der Waals surface area (Å²) in [6, 6.07) is 23.8. The number of carbonyl (C=O) groups is 2. The molecule has 34 heavy (non-hydrogen) atoms. The van der Waals surface area contributed by atoms with Gasteiger partial charge in [0.1, 0.15) is 17.2 Å². The summed E-state index contributed by atoms with van der Waals surface area (Å²) >= 11 is 0. The Kier molecular flexibility index (Phi) is 6.68. The number of hydrogen-bond acceptors (Lipinski definition) is 5. The van der Waals surface area contributed by atoms with E-state index in [4.69, 9.17) is 9.47 Å². The molecule has 0 unspecified atom stereocenters. The van der Waals surface area contributed by atoms with Gasteiger partial charge in [-0.05, 0) is 47.9 Å². The van der Waals surface area contributed by atoms with Gasteiger partial charge in [0.25, 0.3) is 11.8 Å². The lowest BCUT2D eigenvalue weighted by Gasteiger charge is -2.21. The van der Waals surface area contributed by atoms with Crippen molar-refractivity contribution in [1.29, 1.82) is 0 Å². The van der Waals surface area contributed by atoms with E-state index in [-0.39, 0.29) is 11.8 Å². The maximum Gasteiger partial charge on any atom is 0.282 e. The predicted octanol–water partition coefficient (Wildman–Crippen LogP) is 5.15. The largest absolute Gasteiger partial charge is 0.497 e. The Labute approximate surface area is 200 Å². The second kappa shape index (κ2) is 9.83. The number of ether oxygens (including phenoxy) is 2. The van der Waals surface area contributed by atoms with Crippen LogP contribution in [0.1, 0.15) is 19.4 Å². The van der Waals surface area contributed by atoms with Crippen LogP contribution < -0.4 is 19.3 Å². The zero-order valence-electron chi connectivity index (χ0n) is 19.8. The fourth-order valence-corrected chi connectivity index (χ4v) is 3.84. The first-order valence-electron chi connectivity index (χ1n) is 11.2. The summed E-state index contributed by atoms with van der Waals surface area (Å²) in [7, 11) is 3.35. The topological polar surface area (TPSA) is 59.1 Å². The van der Waals surface area contributed by atoms with E-state index in [2.05, 4.69) is 13.8 Å². The molecule has 0 aliphatic carbocycles. The minimum absolute atomic E-state index is 0.315. The zero-order valence-corrected chi connectivity index (χ0v) is 19.8. The third-order valence-electron chi connectivity index (χ3n) is 5.58. The highest BCUT2D eigenvalue weighted by Gasteiger charge is 2.42. The maximum atomic E-state index is 13.7. The average Bonchev–Trinajstić information content (AvgIpc) is 3.12. The first-order valence-corrected chi connectivity index (χ1v) is 11.2. The van der Waals surface area contributed by atoms with Crippen LogP contribution in [0.3, 0.4) is 0 Å². The SMILES string of the molecule is COc1cccc(N2C(=O)C(c3ccc(OCC(C)C)cc3)=C(N(C)c3ccccc3)C2=O)c1. The molecule has 6 nitrogen and oxygen atoms in total. The second-order valence-electron chi connectivity index (χ2n) is 8.49. The summed E-state index contributed by atoms with van der Waals surface area (Å²) < 4.78 is 11.1. The van der Waals surface area contributed by atoms with Crippen molar-refractivity contribution in [3.05, 3.63) is 90.1 Å². The molecule has 2 amide bonds. The zero-order chi connectivity index (χ0) is 24.2. The van der Waals surface area contributed by atoms with Crippen LogP contribution in [0, 0.1) is 5.92 Å². The molecule has 0 bridgehead atoms. The van der Waals surface area contributed by atoms with Crippen LogP contribution in [0.5, 0.6) is 11.5 Å². The van der Waals surface area contributed by atoms with E-state index in [0.717, 1.165) is 11.4 Å². The van der Waals surface area contributed by atoms with E-state index in [1.807, 2.05) is 54.6 Å². The van der Waals surface area contributed by atoms with E-state index in [1.54, 1.807) is 43.3 Å².